The third-order valence-corrected chi connectivity index (χ3v) is 5.43. The van der Waals surface area contributed by atoms with Gasteiger partial charge in [0, 0.05) is 22.2 Å². The minimum absolute atomic E-state index is 0.101. The number of anilines is 1. The molecule has 0 saturated heterocycles. The van der Waals surface area contributed by atoms with Gasteiger partial charge in [-0.1, -0.05) is 24.3 Å². The van der Waals surface area contributed by atoms with Crippen molar-refractivity contribution in [2.45, 2.75) is 6.92 Å². The third kappa shape index (κ3) is 5.60. The molecule has 148 valence electrons. The Hall–Kier alpha value is -2.79. The van der Waals surface area contributed by atoms with E-state index in [1.807, 2.05) is 0 Å². The van der Waals surface area contributed by atoms with Gasteiger partial charge in [-0.15, -0.1) is 0 Å². The summed E-state index contributed by atoms with van der Waals surface area (Å²) in [5.74, 6) is -0.661. The summed E-state index contributed by atoms with van der Waals surface area (Å²) in [6.45, 7) is 1.09. The predicted octanol–water partition coefficient (Wildman–Crippen LogP) is 2.66. The maximum absolute atomic E-state index is 12.2. The van der Waals surface area contributed by atoms with E-state index in [-0.39, 0.29) is 5.69 Å². The van der Waals surface area contributed by atoms with Gasteiger partial charge in [0.1, 0.15) is 6.54 Å². The van der Waals surface area contributed by atoms with Gasteiger partial charge in [0.15, 0.2) is 0 Å². The largest absolute Gasteiger partial charge is 0.271 e. The molecule has 0 bridgehead atoms. The highest BCUT2D eigenvalue weighted by atomic mass is 79.9. The first-order chi connectivity index (χ1) is 13.1. The molecule has 0 aromatic heterocycles. The third-order valence-electron chi connectivity index (χ3n) is 3.63. The van der Waals surface area contributed by atoms with Crippen molar-refractivity contribution in [2.75, 3.05) is 17.1 Å². The van der Waals surface area contributed by atoms with Crippen LogP contribution in [-0.2, 0) is 14.8 Å². The molecule has 0 saturated carbocycles. The van der Waals surface area contributed by atoms with E-state index < -0.39 is 27.4 Å². The first-order valence-corrected chi connectivity index (χ1v) is 10.5. The molecule has 2 aromatic carbocycles. The zero-order valence-corrected chi connectivity index (χ0v) is 17.4. The summed E-state index contributed by atoms with van der Waals surface area (Å²) in [7, 11) is -3.72. The number of para-hydroxylation sites is 1. The molecular formula is C17H17BrN4O5S. The Balaban J connectivity index is 2.17. The van der Waals surface area contributed by atoms with Crippen LogP contribution in [-0.4, -0.2) is 37.8 Å². The smallest absolute Gasteiger partial charge is 0.270 e. The zero-order valence-electron chi connectivity index (χ0n) is 15.0. The molecule has 0 aliphatic heterocycles. The number of non-ortho nitro benzene ring substituents is 1. The van der Waals surface area contributed by atoms with Crippen molar-refractivity contribution >= 4 is 48.9 Å². The van der Waals surface area contributed by atoms with Crippen LogP contribution in [0.4, 0.5) is 11.4 Å². The van der Waals surface area contributed by atoms with Crippen molar-refractivity contribution in [3.8, 4) is 0 Å². The first-order valence-electron chi connectivity index (χ1n) is 7.90. The molecule has 1 N–H and O–H groups in total. The lowest BCUT2D eigenvalue weighted by molar-refractivity contribution is -0.384. The Kier molecular flexibility index (Phi) is 6.86. The van der Waals surface area contributed by atoms with Gasteiger partial charge in [0.25, 0.3) is 11.6 Å². The number of amides is 1. The molecule has 0 unspecified atom stereocenters. The van der Waals surface area contributed by atoms with Crippen LogP contribution in [0.1, 0.15) is 12.5 Å². The second kappa shape index (κ2) is 8.93. The number of hydrogen-bond donors (Lipinski definition) is 1. The number of carbonyl (C=O) groups is 1. The summed E-state index contributed by atoms with van der Waals surface area (Å²) in [5.41, 5.74) is 3.29. The molecule has 28 heavy (non-hydrogen) atoms. The lowest BCUT2D eigenvalue weighted by Crippen LogP contribution is -2.39. The number of hydrogen-bond acceptors (Lipinski definition) is 6. The lowest BCUT2D eigenvalue weighted by atomic mass is 10.1. The quantitative estimate of drug-likeness (QED) is 0.380. The molecule has 9 nitrogen and oxygen atoms in total. The van der Waals surface area contributed by atoms with Gasteiger partial charge in [0.05, 0.1) is 22.6 Å². The van der Waals surface area contributed by atoms with Crippen molar-refractivity contribution in [2.24, 2.45) is 5.10 Å². The molecule has 0 atom stereocenters. The number of rotatable bonds is 7. The number of nitro benzene ring substituents is 1. The molecular weight excluding hydrogens is 452 g/mol. The van der Waals surface area contributed by atoms with E-state index in [1.165, 1.54) is 18.2 Å². The van der Waals surface area contributed by atoms with E-state index in [0.29, 0.717) is 21.4 Å². The number of nitro groups is 1. The van der Waals surface area contributed by atoms with Crippen LogP contribution in [0.3, 0.4) is 0 Å². The Labute approximate surface area is 170 Å². The fourth-order valence-electron chi connectivity index (χ4n) is 2.26. The number of hydrazone groups is 1. The fraction of sp³-hybridized carbons (Fsp3) is 0.176. The van der Waals surface area contributed by atoms with E-state index in [4.69, 9.17) is 0 Å². The Morgan fingerprint density at radius 3 is 2.54 bits per heavy atom. The number of benzene rings is 2. The standard InChI is InChI=1S/C17H17BrN4O5S/c1-12(13-6-5-7-14(10-13)22(24)25)19-20-17(23)11-21(28(2,26)27)16-9-4-3-8-15(16)18/h3-10H,11H2,1-2H3,(H,20,23)/b19-12-. The average Bonchev–Trinajstić information content (AvgIpc) is 2.64. The van der Waals surface area contributed by atoms with Gasteiger partial charge in [-0.25, -0.2) is 13.8 Å². The first kappa shape index (κ1) is 21.5. The Bertz CT molecular complexity index is 1040. The SMILES string of the molecule is C/C(=N/NC(=O)CN(c1ccccc1Br)S(C)(=O)=O)c1cccc([N+](=O)[O-])c1. The number of carbonyl (C=O) groups excluding carboxylic acids is 1. The van der Waals surface area contributed by atoms with Crippen LogP contribution in [0.5, 0.6) is 0 Å². The molecule has 0 aliphatic carbocycles. The van der Waals surface area contributed by atoms with Crippen LogP contribution in [0, 0.1) is 10.1 Å². The van der Waals surface area contributed by atoms with Gasteiger partial charge in [-0.3, -0.25) is 19.2 Å². The van der Waals surface area contributed by atoms with E-state index in [1.54, 1.807) is 37.3 Å². The monoisotopic (exact) mass is 468 g/mol. The zero-order chi connectivity index (χ0) is 20.9. The van der Waals surface area contributed by atoms with Gasteiger partial charge in [-0.2, -0.15) is 5.10 Å². The van der Waals surface area contributed by atoms with Crippen molar-refractivity contribution < 1.29 is 18.1 Å². The minimum Gasteiger partial charge on any atom is -0.271 e. The van der Waals surface area contributed by atoms with Gasteiger partial charge < -0.3 is 0 Å². The number of sulfonamides is 1. The van der Waals surface area contributed by atoms with Crippen LogP contribution in [0.2, 0.25) is 0 Å². The summed E-state index contributed by atoms with van der Waals surface area (Å²) in [5, 5.41) is 14.8. The summed E-state index contributed by atoms with van der Waals surface area (Å²) in [4.78, 5) is 22.6. The predicted molar refractivity (Wildman–Crippen MR) is 110 cm³/mol. The molecule has 0 fully saturated rings. The highest BCUT2D eigenvalue weighted by Gasteiger charge is 2.22. The summed E-state index contributed by atoms with van der Waals surface area (Å²) in [6.07, 6.45) is 0.997. The van der Waals surface area contributed by atoms with Gasteiger partial charge >= 0.3 is 0 Å². The second-order valence-corrected chi connectivity index (χ2v) is 8.52. The normalized spacial score (nSPS) is 11.8. The molecule has 0 heterocycles. The second-order valence-electron chi connectivity index (χ2n) is 5.76. The number of halogens is 1. The summed E-state index contributed by atoms with van der Waals surface area (Å²) < 4.78 is 25.7. The lowest BCUT2D eigenvalue weighted by Gasteiger charge is -2.22. The van der Waals surface area contributed by atoms with Crippen LogP contribution in [0.25, 0.3) is 0 Å². The fourth-order valence-corrected chi connectivity index (χ4v) is 3.74. The van der Waals surface area contributed by atoms with E-state index >= 15 is 0 Å². The maximum atomic E-state index is 12.2. The highest BCUT2D eigenvalue weighted by molar-refractivity contribution is 9.10. The van der Waals surface area contributed by atoms with Gasteiger partial charge in [-0.05, 0) is 35.0 Å². The molecule has 0 spiro atoms. The van der Waals surface area contributed by atoms with Crippen LogP contribution in [0.15, 0.2) is 58.1 Å². The van der Waals surface area contributed by atoms with E-state index in [0.717, 1.165) is 10.6 Å². The number of nitrogens with zero attached hydrogens (tertiary/aromatic N) is 3. The topological polar surface area (TPSA) is 122 Å². The molecule has 0 radical (unpaired) electrons. The molecule has 2 aromatic rings. The van der Waals surface area contributed by atoms with Crippen LogP contribution >= 0.6 is 15.9 Å². The summed E-state index contributed by atoms with van der Waals surface area (Å²) >= 11 is 3.27. The van der Waals surface area contributed by atoms with E-state index in [2.05, 4.69) is 26.5 Å². The highest BCUT2D eigenvalue weighted by Crippen LogP contribution is 2.27. The molecule has 2 rings (SSSR count). The Morgan fingerprint density at radius 2 is 1.93 bits per heavy atom. The molecule has 0 aliphatic rings. The van der Waals surface area contributed by atoms with Crippen molar-refractivity contribution in [1.82, 2.24) is 5.43 Å². The summed E-state index contributed by atoms with van der Waals surface area (Å²) in [6, 6.07) is 12.4. The van der Waals surface area contributed by atoms with Crippen molar-refractivity contribution in [1.29, 1.82) is 0 Å². The van der Waals surface area contributed by atoms with Crippen molar-refractivity contribution in [3.63, 3.8) is 0 Å². The van der Waals surface area contributed by atoms with Crippen LogP contribution < -0.4 is 9.73 Å². The van der Waals surface area contributed by atoms with Crippen molar-refractivity contribution in [3.05, 3.63) is 68.7 Å². The average molecular weight is 469 g/mol. The van der Waals surface area contributed by atoms with E-state index in [9.17, 15) is 23.3 Å². The molecule has 11 heteroatoms. The number of nitrogens with one attached hydrogen (secondary N) is 1. The molecule has 1 amide bonds. The maximum Gasteiger partial charge on any atom is 0.270 e. The minimum atomic E-state index is -3.72. The Morgan fingerprint density at radius 1 is 1.25 bits per heavy atom. The van der Waals surface area contributed by atoms with Gasteiger partial charge in [0.2, 0.25) is 10.0 Å².